The van der Waals surface area contributed by atoms with Crippen molar-refractivity contribution in [3.63, 3.8) is 0 Å². The van der Waals surface area contributed by atoms with Crippen LogP contribution in [0, 0.1) is 0 Å². The van der Waals surface area contributed by atoms with E-state index >= 15 is 0 Å². The van der Waals surface area contributed by atoms with Crippen LogP contribution in [0.1, 0.15) is 36.7 Å². The molecule has 7 nitrogen and oxygen atoms in total. The van der Waals surface area contributed by atoms with Gasteiger partial charge in [-0.15, -0.1) is 0 Å². The van der Waals surface area contributed by atoms with E-state index in [2.05, 4.69) is 5.32 Å². The van der Waals surface area contributed by atoms with E-state index in [0.717, 1.165) is 19.3 Å². The lowest BCUT2D eigenvalue weighted by molar-refractivity contribution is 0.0620. The first kappa shape index (κ1) is 16.0. The molecule has 1 aromatic heterocycles. The monoisotopic (exact) mass is 315 g/mol. The van der Waals surface area contributed by atoms with Gasteiger partial charge in [-0.2, -0.15) is 0 Å². The van der Waals surface area contributed by atoms with Gasteiger partial charge in [0.05, 0.1) is 12.6 Å². The number of carbonyl (C=O) groups excluding carboxylic acids is 1. The highest BCUT2D eigenvalue weighted by Crippen LogP contribution is 2.15. The van der Waals surface area contributed by atoms with E-state index < -0.39 is 10.0 Å². The molecule has 2 heterocycles. The Balaban J connectivity index is 2.20. The topological polar surface area (TPSA) is 103 Å². The van der Waals surface area contributed by atoms with Crippen LogP contribution in [0.15, 0.2) is 17.2 Å². The predicted octanol–water partition coefficient (Wildman–Crippen LogP) is 0.454. The molecule has 1 amide bonds. The predicted molar refractivity (Wildman–Crippen MR) is 77.4 cm³/mol. The number of hydrogen-bond donors (Lipinski definition) is 2. The van der Waals surface area contributed by atoms with Gasteiger partial charge in [-0.05, 0) is 25.3 Å². The molecule has 1 aromatic rings. The summed E-state index contributed by atoms with van der Waals surface area (Å²) in [5.74, 6) is -0.297. The number of ether oxygens (including phenoxy) is 1. The summed E-state index contributed by atoms with van der Waals surface area (Å²) in [5.41, 5.74) is 0.312. The summed E-state index contributed by atoms with van der Waals surface area (Å²) in [5, 5.41) is 8.01. The zero-order valence-corrected chi connectivity index (χ0v) is 12.9. The van der Waals surface area contributed by atoms with Crippen molar-refractivity contribution >= 4 is 15.9 Å². The summed E-state index contributed by atoms with van der Waals surface area (Å²) in [6.07, 6.45) is 3.96. The van der Waals surface area contributed by atoms with Gasteiger partial charge in [-0.3, -0.25) is 4.79 Å². The van der Waals surface area contributed by atoms with Gasteiger partial charge in [0.15, 0.2) is 0 Å². The number of nitrogens with zero attached hydrogens (tertiary/aromatic N) is 1. The van der Waals surface area contributed by atoms with Gasteiger partial charge in [0.25, 0.3) is 5.91 Å². The van der Waals surface area contributed by atoms with Crippen LogP contribution in [0.3, 0.4) is 0 Å². The maximum atomic E-state index is 12.3. The van der Waals surface area contributed by atoms with Crippen molar-refractivity contribution in [2.75, 3.05) is 13.2 Å². The molecule has 0 radical (unpaired) electrons. The van der Waals surface area contributed by atoms with E-state index in [1.807, 2.05) is 6.92 Å². The summed E-state index contributed by atoms with van der Waals surface area (Å²) < 4.78 is 29.8. The molecule has 1 unspecified atom stereocenters. The fourth-order valence-corrected chi connectivity index (χ4v) is 2.92. The van der Waals surface area contributed by atoms with Crippen LogP contribution >= 0.6 is 0 Å². The van der Waals surface area contributed by atoms with E-state index in [1.54, 1.807) is 4.57 Å². The number of primary sulfonamides is 1. The highest BCUT2D eigenvalue weighted by Gasteiger charge is 2.22. The number of nitrogens with one attached hydrogen (secondary N) is 1. The van der Waals surface area contributed by atoms with Crippen LogP contribution in [0.5, 0.6) is 0 Å². The fraction of sp³-hybridized carbons (Fsp3) is 0.615. The SMILES string of the molecule is CCCn1cc(S(N)(=O)=O)cc1C(=O)NC1CCCOC1. The van der Waals surface area contributed by atoms with Crippen LogP contribution in [-0.2, 0) is 21.3 Å². The van der Waals surface area contributed by atoms with Crippen molar-refractivity contribution in [1.29, 1.82) is 0 Å². The molecule has 3 N–H and O–H groups in total. The molecule has 21 heavy (non-hydrogen) atoms. The third-order valence-corrected chi connectivity index (χ3v) is 4.27. The Kier molecular flexibility index (Phi) is 5.02. The first-order valence-electron chi connectivity index (χ1n) is 7.03. The zero-order valence-electron chi connectivity index (χ0n) is 12.0. The number of carbonyl (C=O) groups is 1. The van der Waals surface area contributed by atoms with Crippen molar-refractivity contribution in [2.24, 2.45) is 5.14 Å². The summed E-state index contributed by atoms with van der Waals surface area (Å²) in [6.45, 7) is 3.71. The van der Waals surface area contributed by atoms with Gasteiger partial charge >= 0.3 is 0 Å². The smallest absolute Gasteiger partial charge is 0.268 e. The minimum absolute atomic E-state index is 0.0332. The number of nitrogens with two attached hydrogens (primary N) is 1. The second-order valence-electron chi connectivity index (χ2n) is 5.19. The number of sulfonamides is 1. The van der Waals surface area contributed by atoms with Crippen LogP contribution in [0.2, 0.25) is 0 Å². The molecule has 0 aromatic carbocycles. The normalized spacial score (nSPS) is 19.4. The minimum Gasteiger partial charge on any atom is -0.379 e. The molecule has 2 rings (SSSR count). The summed E-state index contributed by atoms with van der Waals surface area (Å²) in [7, 11) is -3.81. The third kappa shape index (κ3) is 4.05. The second kappa shape index (κ2) is 6.59. The van der Waals surface area contributed by atoms with Crippen molar-refractivity contribution in [3.8, 4) is 0 Å². The lowest BCUT2D eigenvalue weighted by Gasteiger charge is -2.23. The van der Waals surface area contributed by atoms with E-state index in [0.29, 0.717) is 25.5 Å². The fourth-order valence-electron chi connectivity index (χ4n) is 2.37. The Morgan fingerprint density at radius 3 is 2.90 bits per heavy atom. The van der Waals surface area contributed by atoms with Gasteiger partial charge in [-0.1, -0.05) is 6.92 Å². The summed E-state index contributed by atoms with van der Waals surface area (Å²) in [6, 6.07) is 1.29. The number of amides is 1. The summed E-state index contributed by atoms with van der Waals surface area (Å²) >= 11 is 0. The Hall–Kier alpha value is -1.38. The average Bonchev–Trinajstić information content (AvgIpc) is 2.84. The number of hydrogen-bond acceptors (Lipinski definition) is 4. The lowest BCUT2D eigenvalue weighted by atomic mass is 10.1. The highest BCUT2D eigenvalue weighted by molar-refractivity contribution is 7.89. The third-order valence-electron chi connectivity index (χ3n) is 3.39. The van der Waals surface area contributed by atoms with Gasteiger partial charge in [0, 0.05) is 19.3 Å². The van der Waals surface area contributed by atoms with Gasteiger partial charge in [0.2, 0.25) is 10.0 Å². The Bertz CT molecular complexity index is 603. The number of aromatic nitrogens is 1. The molecular weight excluding hydrogens is 294 g/mol. The number of aryl methyl sites for hydroxylation is 1. The van der Waals surface area contributed by atoms with Crippen molar-refractivity contribution in [3.05, 3.63) is 18.0 Å². The van der Waals surface area contributed by atoms with Gasteiger partial charge in [-0.25, -0.2) is 13.6 Å². The average molecular weight is 315 g/mol. The maximum Gasteiger partial charge on any atom is 0.268 e. The standard InChI is InChI=1S/C13H21N3O4S/c1-2-5-16-8-11(21(14,18)19)7-12(16)13(17)15-10-4-3-6-20-9-10/h7-8,10H,2-6,9H2,1H3,(H,15,17)(H2,14,18,19). The molecule has 118 valence electrons. The molecule has 0 aliphatic carbocycles. The first-order chi connectivity index (χ1) is 9.91. The van der Waals surface area contributed by atoms with Gasteiger partial charge < -0.3 is 14.6 Å². The Morgan fingerprint density at radius 2 is 2.33 bits per heavy atom. The van der Waals surface area contributed by atoms with Crippen LogP contribution in [0.4, 0.5) is 0 Å². The molecular formula is C13H21N3O4S. The van der Waals surface area contributed by atoms with E-state index in [1.165, 1.54) is 12.3 Å². The molecule has 1 aliphatic rings. The minimum atomic E-state index is -3.81. The maximum absolute atomic E-state index is 12.3. The Morgan fingerprint density at radius 1 is 1.57 bits per heavy atom. The zero-order chi connectivity index (χ0) is 15.5. The molecule has 0 saturated carbocycles. The molecule has 0 spiro atoms. The van der Waals surface area contributed by atoms with Crippen molar-refractivity contribution in [1.82, 2.24) is 9.88 Å². The highest BCUT2D eigenvalue weighted by atomic mass is 32.2. The largest absolute Gasteiger partial charge is 0.379 e. The summed E-state index contributed by atoms with van der Waals surface area (Å²) in [4.78, 5) is 12.3. The van der Waals surface area contributed by atoms with Crippen LogP contribution in [-0.4, -0.2) is 38.1 Å². The first-order valence-corrected chi connectivity index (χ1v) is 8.58. The van der Waals surface area contributed by atoms with Crippen molar-refractivity contribution < 1.29 is 17.9 Å². The molecule has 0 bridgehead atoms. The second-order valence-corrected chi connectivity index (χ2v) is 6.75. The molecule has 1 saturated heterocycles. The van der Waals surface area contributed by atoms with Crippen LogP contribution < -0.4 is 10.5 Å². The van der Waals surface area contributed by atoms with Crippen LogP contribution in [0.25, 0.3) is 0 Å². The molecule has 8 heteroatoms. The molecule has 1 aliphatic heterocycles. The van der Waals surface area contributed by atoms with Crippen molar-refractivity contribution in [2.45, 2.75) is 43.7 Å². The lowest BCUT2D eigenvalue weighted by Crippen LogP contribution is -2.41. The van der Waals surface area contributed by atoms with Gasteiger partial charge in [0.1, 0.15) is 10.6 Å². The molecule has 1 fully saturated rings. The van der Waals surface area contributed by atoms with E-state index in [-0.39, 0.29) is 16.8 Å². The Labute approximate surface area is 124 Å². The van der Waals surface area contributed by atoms with E-state index in [9.17, 15) is 13.2 Å². The molecule has 1 atom stereocenters. The van der Waals surface area contributed by atoms with E-state index in [4.69, 9.17) is 9.88 Å². The number of rotatable bonds is 5. The quantitative estimate of drug-likeness (QED) is 0.823.